The monoisotopic (exact) mass is 627 g/mol. The lowest BCUT2D eigenvalue weighted by molar-refractivity contribution is -0.129. The zero-order valence-corrected chi connectivity index (χ0v) is 25.0. The highest BCUT2D eigenvalue weighted by Gasteiger charge is 2.31. The van der Waals surface area contributed by atoms with Gasteiger partial charge in [0.2, 0.25) is 5.91 Å². The first-order chi connectivity index (χ1) is 21.8. The predicted molar refractivity (Wildman–Crippen MR) is 166 cm³/mol. The number of amides is 2. The Kier molecular flexibility index (Phi) is 7.17. The second-order valence-electron chi connectivity index (χ2n) is 11.0. The lowest BCUT2D eigenvalue weighted by Gasteiger charge is -2.33. The molecule has 5 aromatic rings. The number of nitrogens with one attached hydrogen (secondary N) is 1. The molecule has 2 amide bonds. The maximum Gasteiger partial charge on any atom is 0.251 e. The number of aliphatic hydroxyl groups excluding tert-OH is 1. The number of carbonyl (C=O) groups excluding carboxylic acids is 2. The summed E-state index contributed by atoms with van der Waals surface area (Å²) in [6, 6.07) is 11.0. The molecule has 7 rings (SSSR count). The Morgan fingerprint density at radius 3 is 2.84 bits per heavy atom. The van der Waals surface area contributed by atoms with E-state index in [0.29, 0.717) is 56.9 Å². The molecule has 2 aliphatic heterocycles. The van der Waals surface area contributed by atoms with Crippen LogP contribution in [-0.2, 0) is 24.4 Å². The number of nitrogens with zero attached hydrogens (tertiary/aromatic N) is 4. The molecule has 0 radical (unpaired) electrons. The van der Waals surface area contributed by atoms with E-state index >= 15 is 4.39 Å². The van der Waals surface area contributed by atoms with E-state index in [-0.39, 0.29) is 48.9 Å². The van der Waals surface area contributed by atoms with E-state index in [4.69, 9.17) is 14.8 Å². The molecule has 2 aromatic carbocycles. The van der Waals surface area contributed by atoms with Crippen LogP contribution in [-0.4, -0.2) is 55.8 Å². The van der Waals surface area contributed by atoms with Crippen LogP contribution in [0, 0.1) is 11.6 Å². The first kappa shape index (κ1) is 28.8. The average molecular weight is 628 g/mol. The molecule has 0 fully saturated rings. The third-order valence-electron chi connectivity index (χ3n) is 8.16. The van der Waals surface area contributed by atoms with Gasteiger partial charge in [-0.25, -0.2) is 13.8 Å². The molecule has 0 saturated heterocycles. The van der Waals surface area contributed by atoms with Crippen molar-refractivity contribution in [3.8, 4) is 39.5 Å². The molecule has 0 bridgehead atoms. The smallest absolute Gasteiger partial charge is 0.251 e. The summed E-state index contributed by atoms with van der Waals surface area (Å²) in [4.78, 5) is 31.9. The quantitative estimate of drug-likeness (QED) is 0.237. The molecule has 2 aliphatic rings. The highest BCUT2D eigenvalue weighted by molar-refractivity contribution is 7.18. The molecule has 0 spiro atoms. The van der Waals surface area contributed by atoms with Gasteiger partial charge in [0.1, 0.15) is 35.4 Å². The number of thiophene rings is 1. The number of hydrogen-bond acceptors (Lipinski definition) is 7. The number of aromatic nitrogens is 3. The maximum absolute atomic E-state index is 15.9. The zero-order valence-electron chi connectivity index (χ0n) is 24.1. The second kappa shape index (κ2) is 11.2. The van der Waals surface area contributed by atoms with Crippen molar-refractivity contribution in [3.63, 3.8) is 0 Å². The number of carbonyl (C=O) groups is 2. The summed E-state index contributed by atoms with van der Waals surface area (Å²) in [6.07, 6.45) is 1.28. The van der Waals surface area contributed by atoms with Crippen molar-refractivity contribution in [2.75, 3.05) is 13.2 Å². The highest BCUT2D eigenvalue weighted by atomic mass is 32.1. The third-order valence-corrected chi connectivity index (χ3v) is 9.09. The van der Waals surface area contributed by atoms with Crippen LogP contribution in [0.4, 0.5) is 8.78 Å². The summed E-state index contributed by atoms with van der Waals surface area (Å²) in [7, 11) is 0. The molecule has 2 N–H and O–H groups in total. The summed E-state index contributed by atoms with van der Waals surface area (Å²) in [6.45, 7) is 6.18. The molecule has 0 aliphatic carbocycles. The molecule has 12 heteroatoms. The Bertz CT molecular complexity index is 2040. The standard InChI is InChI=1S/C33H27F2N5O4S/c1-3-27(42)39-16-21-13-25(38-40(21)15-17(39)2)31-29(28-24(35)11-20(34)12-26(28)44-8-7-41)32-22(6-9-45-32)30(37-31)18-4-5-19-14-36-33(43)23(19)10-18/h3-6,9-13,17,41H,1,7-8,14-16H2,2H3,(H,36,43). The Labute approximate surface area is 260 Å². The molecule has 3 aromatic heterocycles. The van der Waals surface area contributed by atoms with E-state index < -0.39 is 11.6 Å². The molecule has 1 atom stereocenters. The van der Waals surface area contributed by atoms with Crippen molar-refractivity contribution in [3.05, 3.63) is 89.0 Å². The summed E-state index contributed by atoms with van der Waals surface area (Å²) >= 11 is 1.36. The molecule has 1 unspecified atom stereocenters. The van der Waals surface area contributed by atoms with Crippen molar-refractivity contribution in [1.82, 2.24) is 25.0 Å². The molecule has 5 heterocycles. The van der Waals surface area contributed by atoms with Gasteiger partial charge in [-0.15, -0.1) is 11.3 Å². The van der Waals surface area contributed by atoms with Gasteiger partial charge >= 0.3 is 0 Å². The Balaban J connectivity index is 1.50. The van der Waals surface area contributed by atoms with Crippen LogP contribution in [0.1, 0.15) is 28.5 Å². The van der Waals surface area contributed by atoms with Crippen molar-refractivity contribution < 1.29 is 28.2 Å². The third kappa shape index (κ3) is 4.86. The number of rotatable bonds is 7. The van der Waals surface area contributed by atoms with E-state index in [0.717, 1.165) is 23.4 Å². The number of fused-ring (bicyclic) bond motifs is 3. The Morgan fingerprint density at radius 1 is 1.20 bits per heavy atom. The van der Waals surface area contributed by atoms with Gasteiger partial charge in [-0.2, -0.15) is 5.10 Å². The topological polar surface area (TPSA) is 110 Å². The largest absolute Gasteiger partial charge is 0.490 e. The number of ether oxygens (including phenoxy) is 1. The highest BCUT2D eigenvalue weighted by Crippen LogP contribution is 2.47. The number of benzene rings is 2. The van der Waals surface area contributed by atoms with Gasteiger partial charge in [-0.1, -0.05) is 18.7 Å². The molecule has 228 valence electrons. The van der Waals surface area contributed by atoms with Crippen LogP contribution in [0.15, 0.2) is 60.5 Å². The van der Waals surface area contributed by atoms with Gasteiger partial charge in [-0.05, 0) is 42.1 Å². The summed E-state index contributed by atoms with van der Waals surface area (Å²) in [5.41, 5.74) is 4.55. The molecular weight excluding hydrogens is 600 g/mol. The van der Waals surface area contributed by atoms with Crippen LogP contribution in [0.25, 0.3) is 43.9 Å². The van der Waals surface area contributed by atoms with Crippen molar-refractivity contribution in [1.29, 1.82) is 0 Å². The normalized spacial score (nSPS) is 15.6. The van der Waals surface area contributed by atoms with E-state index in [1.807, 2.05) is 36.6 Å². The summed E-state index contributed by atoms with van der Waals surface area (Å²) in [5, 5.41) is 19.7. The number of halogens is 2. The Morgan fingerprint density at radius 2 is 2.04 bits per heavy atom. The van der Waals surface area contributed by atoms with Crippen molar-refractivity contribution in [2.45, 2.75) is 32.6 Å². The van der Waals surface area contributed by atoms with E-state index in [2.05, 4.69) is 11.9 Å². The van der Waals surface area contributed by atoms with Gasteiger partial charge in [0.05, 0.1) is 36.6 Å². The SMILES string of the molecule is C=CC(=O)N1Cc2cc(-c3nc(-c4ccc5c(c4)C(=O)NC5)c4ccsc4c3-c3c(F)cc(F)cc3OCCO)nn2CC1C. The number of pyridine rings is 1. The Hall–Kier alpha value is -4.94. The average Bonchev–Trinajstić information content (AvgIpc) is 3.77. The fraction of sp³-hybridized carbons (Fsp3) is 0.212. The lowest BCUT2D eigenvalue weighted by Crippen LogP contribution is -2.44. The minimum atomic E-state index is -0.858. The van der Waals surface area contributed by atoms with Crippen molar-refractivity contribution >= 4 is 33.2 Å². The molecule has 0 saturated carbocycles. The van der Waals surface area contributed by atoms with Crippen LogP contribution < -0.4 is 10.1 Å². The van der Waals surface area contributed by atoms with Gasteiger partial charge < -0.3 is 20.1 Å². The first-order valence-electron chi connectivity index (χ1n) is 14.3. The fourth-order valence-corrected chi connectivity index (χ4v) is 6.98. The van der Waals surface area contributed by atoms with Gasteiger partial charge in [0, 0.05) is 51.5 Å². The number of hydrogen-bond donors (Lipinski definition) is 2. The fourth-order valence-electron chi connectivity index (χ4n) is 6.03. The maximum atomic E-state index is 15.9. The summed E-state index contributed by atoms with van der Waals surface area (Å²) < 4.78 is 38.5. The minimum Gasteiger partial charge on any atom is -0.490 e. The van der Waals surface area contributed by atoms with Gasteiger partial charge in [0.15, 0.2) is 0 Å². The minimum absolute atomic E-state index is 0.0116. The van der Waals surface area contributed by atoms with Gasteiger partial charge in [0.25, 0.3) is 5.91 Å². The van der Waals surface area contributed by atoms with Crippen LogP contribution in [0.3, 0.4) is 0 Å². The molecule has 9 nitrogen and oxygen atoms in total. The van der Waals surface area contributed by atoms with E-state index in [1.165, 1.54) is 17.4 Å². The van der Waals surface area contributed by atoms with E-state index in [9.17, 15) is 19.1 Å². The van der Waals surface area contributed by atoms with Gasteiger partial charge in [-0.3, -0.25) is 14.3 Å². The summed E-state index contributed by atoms with van der Waals surface area (Å²) in [5.74, 6) is -2.13. The first-order valence-corrected chi connectivity index (χ1v) is 15.2. The van der Waals surface area contributed by atoms with Crippen LogP contribution in [0.5, 0.6) is 5.75 Å². The van der Waals surface area contributed by atoms with Crippen LogP contribution >= 0.6 is 11.3 Å². The lowest BCUT2D eigenvalue weighted by atomic mass is 9.95. The predicted octanol–water partition coefficient (Wildman–Crippen LogP) is 5.30. The van der Waals surface area contributed by atoms with Crippen LogP contribution in [0.2, 0.25) is 0 Å². The molecule has 45 heavy (non-hydrogen) atoms. The number of aliphatic hydroxyl groups is 1. The van der Waals surface area contributed by atoms with E-state index in [1.54, 1.807) is 15.6 Å². The molecular formula is C33H27F2N5O4S. The van der Waals surface area contributed by atoms with Crippen molar-refractivity contribution in [2.24, 2.45) is 0 Å². The zero-order chi connectivity index (χ0) is 31.4. The second-order valence-corrected chi connectivity index (χ2v) is 11.9.